The molecule has 1 heterocycles. The number of esters is 2. The minimum Gasteiger partial charge on any atom is -0.463 e. The number of nitrogens with one attached hydrogen (secondary N) is 2. The summed E-state index contributed by atoms with van der Waals surface area (Å²) in [5.41, 5.74) is 2.73. The first kappa shape index (κ1) is 18.5. The summed E-state index contributed by atoms with van der Waals surface area (Å²) in [5.74, 6) is -1.07. The van der Waals surface area contributed by atoms with E-state index in [0.29, 0.717) is 5.56 Å². The number of carbonyl (C=O) groups excluding carboxylic acids is 3. The maximum absolute atomic E-state index is 12.3. The second-order valence-electron chi connectivity index (χ2n) is 5.76. The minimum atomic E-state index is -0.555. The largest absolute Gasteiger partial charge is 0.463 e. The molecule has 0 aromatic heterocycles. The van der Waals surface area contributed by atoms with E-state index in [4.69, 9.17) is 9.47 Å². The van der Waals surface area contributed by atoms with Gasteiger partial charge in [-0.05, 0) is 44.9 Å². The van der Waals surface area contributed by atoms with Crippen LogP contribution in [0, 0.1) is 13.8 Å². The van der Waals surface area contributed by atoms with Crippen LogP contribution in [0.15, 0.2) is 29.5 Å². The van der Waals surface area contributed by atoms with Gasteiger partial charge in [-0.1, -0.05) is 12.1 Å². The lowest BCUT2D eigenvalue weighted by molar-refractivity contribution is -0.139. The van der Waals surface area contributed by atoms with Crippen LogP contribution in [-0.2, 0) is 14.3 Å². The molecule has 2 N–H and O–H groups in total. The zero-order valence-electron chi connectivity index (χ0n) is 14.8. The fourth-order valence-corrected chi connectivity index (χ4v) is 2.58. The van der Waals surface area contributed by atoms with E-state index in [0.717, 1.165) is 11.1 Å². The van der Waals surface area contributed by atoms with Gasteiger partial charge >= 0.3 is 18.0 Å². The highest BCUT2D eigenvalue weighted by Crippen LogP contribution is 2.17. The highest BCUT2D eigenvalue weighted by Gasteiger charge is 2.30. The second kappa shape index (κ2) is 7.83. The van der Waals surface area contributed by atoms with Crippen molar-refractivity contribution in [2.24, 2.45) is 0 Å². The molecule has 0 fully saturated rings. The molecule has 0 aliphatic carbocycles. The summed E-state index contributed by atoms with van der Waals surface area (Å²) in [7, 11) is 0. The Bertz CT molecular complexity index is 739. The van der Waals surface area contributed by atoms with E-state index in [9.17, 15) is 14.4 Å². The Morgan fingerprint density at radius 1 is 1.16 bits per heavy atom. The molecule has 134 valence electrons. The van der Waals surface area contributed by atoms with Crippen molar-refractivity contribution >= 4 is 18.0 Å². The van der Waals surface area contributed by atoms with E-state index < -0.39 is 24.0 Å². The van der Waals surface area contributed by atoms with Gasteiger partial charge in [-0.2, -0.15) is 0 Å². The lowest BCUT2D eigenvalue weighted by Gasteiger charge is -2.26. The summed E-state index contributed by atoms with van der Waals surface area (Å²) < 4.78 is 10.3. The summed E-state index contributed by atoms with van der Waals surface area (Å²) in [4.78, 5) is 36.1. The number of benzene rings is 1. The Kier molecular flexibility index (Phi) is 5.80. The van der Waals surface area contributed by atoms with Crippen LogP contribution in [0.3, 0.4) is 0 Å². The van der Waals surface area contributed by atoms with Crippen LogP contribution in [0.5, 0.6) is 0 Å². The zero-order chi connectivity index (χ0) is 18.6. The number of aryl methyl sites for hydroxylation is 1. The normalized spacial score (nSPS) is 16.8. The first-order chi connectivity index (χ1) is 11.8. The lowest BCUT2D eigenvalue weighted by atomic mass is 10.0. The zero-order valence-corrected chi connectivity index (χ0v) is 14.8. The fourth-order valence-electron chi connectivity index (χ4n) is 2.58. The van der Waals surface area contributed by atoms with Gasteiger partial charge in [0.15, 0.2) is 0 Å². The molecule has 1 aliphatic rings. The summed E-state index contributed by atoms with van der Waals surface area (Å²) in [6, 6.07) is 4.36. The molecule has 0 saturated carbocycles. The van der Waals surface area contributed by atoms with Crippen LogP contribution in [0.4, 0.5) is 4.79 Å². The number of rotatable bonds is 5. The van der Waals surface area contributed by atoms with E-state index in [1.165, 1.54) is 0 Å². The molecule has 0 unspecified atom stereocenters. The molecule has 25 heavy (non-hydrogen) atoms. The molecule has 1 aliphatic heterocycles. The molecular weight excluding hydrogens is 324 g/mol. The summed E-state index contributed by atoms with van der Waals surface area (Å²) in [6.07, 6.45) is 0. The maximum Gasteiger partial charge on any atom is 0.338 e. The average molecular weight is 346 g/mol. The van der Waals surface area contributed by atoms with Crippen LogP contribution >= 0.6 is 0 Å². The van der Waals surface area contributed by atoms with Gasteiger partial charge in [0.25, 0.3) is 0 Å². The summed E-state index contributed by atoms with van der Waals surface area (Å²) >= 11 is 0. The molecular formula is C18H22N2O5. The van der Waals surface area contributed by atoms with Crippen LogP contribution in [0.1, 0.15) is 35.3 Å². The lowest BCUT2D eigenvalue weighted by Crippen LogP contribution is -2.50. The third kappa shape index (κ3) is 4.17. The van der Waals surface area contributed by atoms with Crippen molar-refractivity contribution in [3.8, 4) is 0 Å². The molecule has 0 saturated heterocycles. The number of carbonyl (C=O) groups is 3. The van der Waals surface area contributed by atoms with Crippen LogP contribution < -0.4 is 10.6 Å². The Balaban J connectivity index is 2.21. The average Bonchev–Trinajstić information content (AvgIpc) is 2.54. The SMILES string of the molecule is CCOC(=O)C1=C(COC(=O)c2cccc(C)c2C)NC(=O)N[C@@H]1C. The van der Waals surface area contributed by atoms with Gasteiger partial charge in [-0.3, -0.25) is 0 Å². The standard InChI is InChI=1S/C18H22N2O5/c1-5-24-17(22)15-12(4)19-18(23)20-14(15)9-25-16(21)13-8-6-7-10(2)11(13)3/h6-8,12H,5,9H2,1-4H3,(H2,19,20,23)/t12-/m1/s1. The predicted molar refractivity (Wildman–Crippen MR) is 91.0 cm³/mol. The van der Waals surface area contributed by atoms with Crippen molar-refractivity contribution < 1.29 is 23.9 Å². The number of amides is 2. The van der Waals surface area contributed by atoms with Gasteiger partial charge in [-0.15, -0.1) is 0 Å². The fraction of sp³-hybridized carbons (Fsp3) is 0.389. The smallest absolute Gasteiger partial charge is 0.338 e. The van der Waals surface area contributed by atoms with Gasteiger partial charge in [0, 0.05) is 0 Å². The first-order valence-corrected chi connectivity index (χ1v) is 8.06. The Morgan fingerprint density at radius 2 is 1.88 bits per heavy atom. The Labute approximate surface area is 146 Å². The van der Waals surface area contributed by atoms with Crippen LogP contribution in [0.2, 0.25) is 0 Å². The van der Waals surface area contributed by atoms with Crippen molar-refractivity contribution in [3.05, 3.63) is 46.2 Å². The van der Waals surface area contributed by atoms with Gasteiger partial charge < -0.3 is 20.1 Å². The number of ether oxygens (including phenoxy) is 2. The summed E-state index contributed by atoms with van der Waals surface area (Å²) in [5, 5.41) is 5.11. The van der Waals surface area contributed by atoms with E-state index in [2.05, 4.69) is 10.6 Å². The van der Waals surface area contributed by atoms with Crippen LogP contribution in [-0.4, -0.2) is 37.2 Å². The molecule has 7 nitrogen and oxygen atoms in total. The molecule has 1 aromatic carbocycles. The predicted octanol–water partition coefficient (Wildman–Crippen LogP) is 1.98. The molecule has 7 heteroatoms. The van der Waals surface area contributed by atoms with Gasteiger partial charge in [0.2, 0.25) is 0 Å². The van der Waals surface area contributed by atoms with Crippen molar-refractivity contribution in [1.82, 2.24) is 10.6 Å². The van der Waals surface area contributed by atoms with Crippen LogP contribution in [0.25, 0.3) is 0 Å². The highest BCUT2D eigenvalue weighted by molar-refractivity contribution is 5.95. The molecule has 0 bridgehead atoms. The molecule has 1 aromatic rings. The summed E-state index contributed by atoms with van der Waals surface area (Å²) in [6.45, 7) is 7.08. The Morgan fingerprint density at radius 3 is 2.56 bits per heavy atom. The van der Waals surface area contributed by atoms with Gasteiger partial charge in [-0.25, -0.2) is 14.4 Å². The van der Waals surface area contributed by atoms with Crippen molar-refractivity contribution in [1.29, 1.82) is 0 Å². The van der Waals surface area contributed by atoms with E-state index in [-0.39, 0.29) is 24.5 Å². The molecule has 0 radical (unpaired) electrons. The maximum atomic E-state index is 12.3. The van der Waals surface area contributed by atoms with E-state index >= 15 is 0 Å². The first-order valence-electron chi connectivity index (χ1n) is 8.06. The third-order valence-corrected chi connectivity index (χ3v) is 4.04. The Hall–Kier alpha value is -2.83. The molecule has 0 spiro atoms. The van der Waals surface area contributed by atoms with E-state index in [1.807, 2.05) is 19.9 Å². The van der Waals surface area contributed by atoms with Crippen molar-refractivity contribution in [2.45, 2.75) is 33.7 Å². The number of hydrogen-bond donors (Lipinski definition) is 2. The quantitative estimate of drug-likeness (QED) is 0.795. The second-order valence-corrected chi connectivity index (χ2v) is 5.76. The third-order valence-electron chi connectivity index (χ3n) is 4.04. The van der Waals surface area contributed by atoms with E-state index in [1.54, 1.807) is 26.0 Å². The molecule has 2 amide bonds. The monoisotopic (exact) mass is 346 g/mol. The van der Waals surface area contributed by atoms with Gasteiger partial charge in [0.05, 0.1) is 29.5 Å². The minimum absolute atomic E-state index is 0.207. The number of urea groups is 1. The molecule has 2 rings (SSSR count). The van der Waals surface area contributed by atoms with Crippen molar-refractivity contribution in [3.63, 3.8) is 0 Å². The topological polar surface area (TPSA) is 93.7 Å². The van der Waals surface area contributed by atoms with Crippen molar-refractivity contribution in [2.75, 3.05) is 13.2 Å². The molecule has 1 atom stereocenters. The number of hydrogen-bond acceptors (Lipinski definition) is 5. The highest BCUT2D eigenvalue weighted by atomic mass is 16.5. The van der Waals surface area contributed by atoms with Gasteiger partial charge in [0.1, 0.15) is 6.61 Å².